The highest BCUT2D eigenvalue weighted by atomic mass is 16.5. The first-order valence-electron chi connectivity index (χ1n) is 11.4. The highest BCUT2D eigenvalue weighted by Gasteiger charge is 2.33. The van der Waals surface area contributed by atoms with Gasteiger partial charge in [0.15, 0.2) is 6.61 Å². The first-order valence-corrected chi connectivity index (χ1v) is 11.4. The first-order chi connectivity index (χ1) is 16.0. The van der Waals surface area contributed by atoms with Gasteiger partial charge in [0.1, 0.15) is 5.75 Å². The van der Waals surface area contributed by atoms with Crippen LogP contribution in [0.15, 0.2) is 78.9 Å². The van der Waals surface area contributed by atoms with Crippen molar-refractivity contribution in [2.24, 2.45) is 17.6 Å². The number of nitrogens with two attached hydrogens (primary N) is 1. The highest BCUT2D eigenvalue weighted by molar-refractivity contribution is 5.77. The molecular weight excluding hydrogens is 414 g/mol. The van der Waals surface area contributed by atoms with Crippen LogP contribution in [-0.2, 0) is 22.4 Å². The van der Waals surface area contributed by atoms with E-state index in [9.17, 15) is 9.59 Å². The van der Waals surface area contributed by atoms with Crippen LogP contribution in [0.2, 0.25) is 0 Å². The lowest BCUT2D eigenvalue weighted by Crippen LogP contribution is -2.34. The Morgan fingerprint density at radius 2 is 1.58 bits per heavy atom. The number of amides is 1. The molecule has 5 nitrogen and oxygen atoms in total. The number of primary amides is 1. The fourth-order valence-corrected chi connectivity index (χ4v) is 5.05. The topological polar surface area (TPSA) is 89.6 Å². The summed E-state index contributed by atoms with van der Waals surface area (Å²) in [6, 6.07) is 26.3. The second-order valence-corrected chi connectivity index (χ2v) is 8.70. The van der Waals surface area contributed by atoms with Gasteiger partial charge in [-0.15, -0.1) is 0 Å². The molecule has 0 fully saturated rings. The monoisotopic (exact) mass is 443 g/mol. The Labute approximate surface area is 194 Å². The number of hydrogen-bond donors (Lipinski definition) is 2. The molecule has 170 valence electrons. The van der Waals surface area contributed by atoms with Crippen LogP contribution in [0.1, 0.15) is 41.0 Å². The number of hydrogen-bond acceptors (Lipinski definition) is 3. The molecule has 5 heteroatoms. The van der Waals surface area contributed by atoms with E-state index in [-0.39, 0.29) is 30.3 Å². The lowest BCUT2D eigenvalue weighted by atomic mass is 9.72. The summed E-state index contributed by atoms with van der Waals surface area (Å²) in [6.07, 6.45) is 2.92. The summed E-state index contributed by atoms with van der Waals surface area (Å²) in [5, 5.41) is 8.95. The SMILES string of the molecule is NC(=O)C(CC(c1ccccc1)c1ccccc1)C1CCc2c(cccc2OCC(=O)O)C1. The van der Waals surface area contributed by atoms with Crippen molar-refractivity contribution in [2.75, 3.05) is 6.61 Å². The van der Waals surface area contributed by atoms with E-state index in [1.807, 2.05) is 54.6 Å². The van der Waals surface area contributed by atoms with Gasteiger partial charge in [0, 0.05) is 11.8 Å². The summed E-state index contributed by atoms with van der Waals surface area (Å²) in [5.74, 6) is -0.708. The molecule has 0 heterocycles. The minimum Gasteiger partial charge on any atom is -0.482 e. The number of benzene rings is 3. The Bertz CT molecular complexity index is 1060. The van der Waals surface area contributed by atoms with Crippen molar-refractivity contribution in [3.8, 4) is 5.75 Å². The first kappa shape index (κ1) is 22.6. The molecular formula is C28H29NO4. The molecule has 3 N–H and O–H groups in total. The molecule has 0 saturated heterocycles. The average molecular weight is 444 g/mol. The highest BCUT2D eigenvalue weighted by Crippen LogP contribution is 2.40. The Morgan fingerprint density at radius 1 is 0.939 bits per heavy atom. The summed E-state index contributed by atoms with van der Waals surface area (Å²) in [5.41, 5.74) is 10.5. The average Bonchev–Trinajstić information content (AvgIpc) is 2.84. The fourth-order valence-electron chi connectivity index (χ4n) is 5.05. The van der Waals surface area contributed by atoms with Gasteiger partial charge < -0.3 is 15.6 Å². The third-order valence-corrected chi connectivity index (χ3v) is 6.66. The summed E-state index contributed by atoms with van der Waals surface area (Å²) < 4.78 is 5.50. The molecule has 33 heavy (non-hydrogen) atoms. The number of carboxylic acids is 1. The van der Waals surface area contributed by atoms with Crippen molar-refractivity contribution in [3.63, 3.8) is 0 Å². The van der Waals surface area contributed by atoms with Crippen LogP contribution < -0.4 is 10.5 Å². The van der Waals surface area contributed by atoms with Gasteiger partial charge in [0.25, 0.3) is 0 Å². The smallest absolute Gasteiger partial charge is 0.341 e. The van der Waals surface area contributed by atoms with Crippen LogP contribution in [0.4, 0.5) is 0 Å². The van der Waals surface area contributed by atoms with Crippen LogP contribution in [0, 0.1) is 11.8 Å². The van der Waals surface area contributed by atoms with Gasteiger partial charge in [0.2, 0.25) is 5.91 Å². The van der Waals surface area contributed by atoms with Crippen LogP contribution >= 0.6 is 0 Å². The summed E-state index contributed by atoms with van der Waals surface area (Å²) >= 11 is 0. The van der Waals surface area contributed by atoms with Crippen molar-refractivity contribution in [2.45, 2.75) is 31.6 Å². The normalized spacial score (nSPS) is 16.1. The van der Waals surface area contributed by atoms with Gasteiger partial charge in [-0.25, -0.2) is 4.79 Å². The van der Waals surface area contributed by atoms with Crippen molar-refractivity contribution >= 4 is 11.9 Å². The number of carbonyl (C=O) groups is 2. The number of fused-ring (bicyclic) bond motifs is 1. The summed E-state index contributed by atoms with van der Waals surface area (Å²) in [7, 11) is 0. The van der Waals surface area contributed by atoms with E-state index in [1.165, 1.54) is 11.1 Å². The summed E-state index contributed by atoms with van der Waals surface area (Å²) in [6.45, 7) is -0.361. The number of carbonyl (C=O) groups excluding carboxylic acids is 1. The zero-order chi connectivity index (χ0) is 23.2. The van der Waals surface area contributed by atoms with Gasteiger partial charge >= 0.3 is 5.97 Å². The third kappa shape index (κ3) is 5.43. The van der Waals surface area contributed by atoms with Gasteiger partial charge in [-0.05, 0) is 59.9 Å². The zero-order valence-electron chi connectivity index (χ0n) is 18.5. The molecule has 2 unspecified atom stereocenters. The second kappa shape index (κ2) is 10.3. The van der Waals surface area contributed by atoms with E-state index in [4.69, 9.17) is 15.6 Å². The van der Waals surface area contributed by atoms with Crippen LogP contribution in [0.3, 0.4) is 0 Å². The van der Waals surface area contributed by atoms with E-state index >= 15 is 0 Å². The van der Waals surface area contributed by atoms with Gasteiger partial charge in [-0.2, -0.15) is 0 Å². The zero-order valence-corrected chi connectivity index (χ0v) is 18.5. The van der Waals surface area contributed by atoms with Crippen LogP contribution in [0.5, 0.6) is 5.75 Å². The lowest BCUT2D eigenvalue weighted by Gasteiger charge is -2.33. The molecule has 0 saturated carbocycles. The predicted molar refractivity (Wildman–Crippen MR) is 127 cm³/mol. The van der Waals surface area contributed by atoms with Crippen molar-refractivity contribution in [1.82, 2.24) is 0 Å². The van der Waals surface area contributed by atoms with Crippen LogP contribution in [-0.4, -0.2) is 23.6 Å². The van der Waals surface area contributed by atoms with E-state index in [0.29, 0.717) is 12.2 Å². The molecule has 0 bridgehead atoms. The van der Waals surface area contributed by atoms with Crippen LogP contribution in [0.25, 0.3) is 0 Å². The summed E-state index contributed by atoms with van der Waals surface area (Å²) in [4.78, 5) is 23.6. The van der Waals surface area contributed by atoms with E-state index in [0.717, 1.165) is 30.4 Å². The Balaban J connectivity index is 1.58. The number of rotatable bonds is 9. The van der Waals surface area contributed by atoms with Crippen molar-refractivity contribution in [1.29, 1.82) is 0 Å². The largest absolute Gasteiger partial charge is 0.482 e. The van der Waals surface area contributed by atoms with E-state index in [2.05, 4.69) is 24.3 Å². The Hall–Kier alpha value is -3.60. The molecule has 0 aliphatic heterocycles. The second-order valence-electron chi connectivity index (χ2n) is 8.70. The predicted octanol–water partition coefficient (Wildman–Crippen LogP) is 4.58. The molecule has 2 atom stereocenters. The van der Waals surface area contributed by atoms with Crippen molar-refractivity contribution in [3.05, 3.63) is 101 Å². The maximum absolute atomic E-state index is 12.7. The molecule has 1 amide bonds. The molecule has 0 spiro atoms. The van der Waals surface area contributed by atoms with E-state index < -0.39 is 5.97 Å². The number of ether oxygens (including phenoxy) is 1. The third-order valence-electron chi connectivity index (χ3n) is 6.66. The number of aliphatic carboxylic acids is 1. The van der Waals surface area contributed by atoms with Gasteiger partial charge in [0.05, 0.1) is 0 Å². The molecule has 1 aliphatic rings. The Morgan fingerprint density at radius 3 is 2.15 bits per heavy atom. The fraction of sp³-hybridized carbons (Fsp3) is 0.286. The molecule has 3 aromatic carbocycles. The van der Waals surface area contributed by atoms with Gasteiger partial charge in [-0.3, -0.25) is 4.79 Å². The maximum Gasteiger partial charge on any atom is 0.341 e. The minimum atomic E-state index is -0.997. The number of carboxylic acid groups (broad SMARTS) is 1. The maximum atomic E-state index is 12.7. The molecule has 4 rings (SSSR count). The lowest BCUT2D eigenvalue weighted by molar-refractivity contribution is -0.139. The van der Waals surface area contributed by atoms with Gasteiger partial charge in [-0.1, -0.05) is 72.8 Å². The molecule has 0 aromatic heterocycles. The van der Waals surface area contributed by atoms with Crippen molar-refractivity contribution < 1.29 is 19.4 Å². The molecule has 0 radical (unpaired) electrons. The molecule has 1 aliphatic carbocycles. The van der Waals surface area contributed by atoms with E-state index in [1.54, 1.807) is 0 Å². The quantitative estimate of drug-likeness (QED) is 0.507. The Kier molecular flexibility index (Phi) is 7.08. The standard InChI is InChI=1S/C28H29NO4/c29-28(32)25(17-24(19-8-3-1-4-9-19)20-10-5-2-6-11-20)22-14-15-23-21(16-22)12-7-13-26(23)33-18-27(30)31/h1-13,22,24-25H,14-18H2,(H2,29,32)(H,30,31). The molecule has 3 aromatic rings. The minimum absolute atomic E-state index is 0.0801.